The lowest BCUT2D eigenvalue weighted by Crippen LogP contribution is -2.33. The van der Waals surface area contributed by atoms with Crippen molar-refractivity contribution in [1.82, 2.24) is 5.32 Å². The van der Waals surface area contributed by atoms with Gasteiger partial charge in [0.05, 0.1) is 19.3 Å². The van der Waals surface area contributed by atoms with E-state index in [0.717, 1.165) is 44.6 Å². The molecule has 1 aromatic carbocycles. The maximum absolute atomic E-state index is 5.99. The molecule has 0 radical (unpaired) electrons. The van der Waals surface area contributed by atoms with Crippen molar-refractivity contribution in [1.29, 1.82) is 0 Å². The highest BCUT2D eigenvalue weighted by Gasteiger charge is 2.13. The maximum Gasteiger partial charge on any atom is 0.188 e. The normalized spacial score (nSPS) is 15.3. The summed E-state index contributed by atoms with van der Waals surface area (Å²) in [5.74, 6) is 0.491. The lowest BCUT2D eigenvalue weighted by atomic mass is 10.1. The van der Waals surface area contributed by atoms with Gasteiger partial charge in [0.1, 0.15) is 0 Å². The molecule has 3 N–H and O–H groups in total. The van der Waals surface area contributed by atoms with Crippen LogP contribution in [0.5, 0.6) is 0 Å². The fraction of sp³-hybridized carbons (Fsp3) is 0.450. The Morgan fingerprint density at radius 1 is 1.22 bits per heavy atom. The summed E-state index contributed by atoms with van der Waals surface area (Å²) in [6.07, 6.45) is 3.25. The molecule has 0 amide bonds. The van der Waals surface area contributed by atoms with Crippen molar-refractivity contribution in [3.8, 4) is 0 Å². The van der Waals surface area contributed by atoms with Gasteiger partial charge in [-0.05, 0) is 41.8 Å². The molecule has 27 heavy (non-hydrogen) atoms. The zero-order valence-electron chi connectivity index (χ0n) is 15.4. The van der Waals surface area contributed by atoms with E-state index in [2.05, 4.69) is 46.0 Å². The van der Waals surface area contributed by atoms with Crippen molar-refractivity contribution in [3.63, 3.8) is 0 Å². The Morgan fingerprint density at radius 3 is 2.81 bits per heavy atom. The number of benzene rings is 1. The molecule has 2 heterocycles. The zero-order valence-corrected chi connectivity index (χ0v) is 18.6. The van der Waals surface area contributed by atoms with Gasteiger partial charge < -0.3 is 20.5 Å². The van der Waals surface area contributed by atoms with Crippen molar-refractivity contribution in [3.05, 3.63) is 57.8 Å². The average molecular weight is 501 g/mol. The van der Waals surface area contributed by atoms with Gasteiger partial charge in [-0.15, -0.1) is 35.3 Å². The Labute approximate surface area is 182 Å². The predicted octanol–water partition coefficient (Wildman–Crippen LogP) is 3.71. The molecule has 2 aromatic rings. The second-order valence-electron chi connectivity index (χ2n) is 6.40. The highest BCUT2D eigenvalue weighted by molar-refractivity contribution is 14.0. The molecule has 0 spiro atoms. The van der Waals surface area contributed by atoms with E-state index >= 15 is 0 Å². The summed E-state index contributed by atoms with van der Waals surface area (Å²) in [7, 11) is 0. The van der Waals surface area contributed by atoms with Crippen LogP contribution in [-0.2, 0) is 29.0 Å². The van der Waals surface area contributed by atoms with Crippen LogP contribution in [0, 0.1) is 0 Å². The molecule has 1 aromatic heterocycles. The smallest absolute Gasteiger partial charge is 0.188 e. The third-order valence-electron chi connectivity index (χ3n) is 4.34. The van der Waals surface area contributed by atoms with Gasteiger partial charge in [0.2, 0.25) is 0 Å². The lowest BCUT2D eigenvalue weighted by Gasteiger charge is -2.22. The van der Waals surface area contributed by atoms with E-state index in [1.54, 1.807) is 11.3 Å². The molecule has 148 valence electrons. The van der Waals surface area contributed by atoms with Crippen molar-refractivity contribution in [2.24, 2.45) is 10.7 Å². The van der Waals surface area contributed by atoms with Crippen LogP contribution in [0.15, 0.2) is 46.8 Å². The predicted molar refractivity (Wildman–Crippen MR) is 122 cm³/mol. The SMILES string of the molecule is I.NC(=NCc1cccc(COC2CCOCC2)c1)NCCc1cccs1. The Kier molecular flexibility index (Phi) is 10.1. The van der Waals surface area contributed by atoms with E-state index in [9.17, 15) is 0 Å². The Hall–Kier alpha value is -1.16. The number of guanidine groups is 1. The van der Waals surface area contributed by atoms with Crippen molar-refractivity contribution in [2.45, 2.75) is 38.5 Å². The number of nitrogens with zero attached hydrogens (tertiary/aromatic N) is 1. The fourth-order valence-corrected chi connectivity index (χ4v) is 3.58. The van der Waals surface area contributed by atoms with E-state index in [-0.39, 0.29) is 24.0 Å². The molecule has 0 aliphatic carbocycles. The molecular formula is C20H28IN3O2S. The first kappa shape index (κ1) is 22.1. The minimum absolute atomic E-state index is 0. The first-order valence-electron chi connectivity index (χ1n) is 9.13. The summed E-state index contributed by atoms with van der Waals surface area (Å²) in [6.45, 7) is 3.62. The highest BCUT2D eigenvalue weighted by Crippen LogP contribution is 2.14. The number of aliphatic imine (C=N–C) groups is 1. The van der Waals surface area contributed by atoms with E-state index in [1.165, 1.54) is 10.4 Å². The van der Waals surface area contributed by atoms with E-state index < -0.39 is 0 Å². The van der Waals surface area contributed by atoms with Gasteiger partial charge in [-0.25, -0.2) is 4.99 Å². The Morgan fingerprint density at radius 2 is 2.04 bits per heavy atom. The number of thiophene rings is 1. The number of hydrogen-bond acceptors (Lipinski definition) is 4. The van der Waals surface area contributed by atoms with Crippen LogP contribution in [-0.4, -0.2) is 31.8 Å². The number of halogens is 1. The molecule has 1 saturated heterocycles. The molecule has 7 heteroatoms. The van der Waals surface area contributed by atoms with E-state index in [1.807, 2.05) is 6.07 Å². The number of nitrogens with two attached hydrogens (primary N) is 1. The Bertz CT molecular complexity index is 688. The molecule has 0 saturated carbocycles. The number of rotatable bonds is 8. The van der Waals surface area contributed by atoms with Crippen LogP contribution in [0.1, 0.15) is 28.8 Å². The molecule has 3 rings (SSSR count). The van der Waals surface area contributed by atoms with Crippen molar-refractivity contribution >= 4 is 41.3 Å². The topological polar surface area (TPSA) is 68.9 Å². The van der Waals surface area contributed by atoms with Gasteiger partial charge in [-0.1, -0.05) is 30.3 Å². The first-order valence-corrected chi connectivity index (χ1v) is 10.0. The monoisotopic (exact) mass is 501 g/mol. The number of ether oxygens (including phenoxy) is 2. The summed E-state index contributed by atoms with van der Waals surface area (Å²) in [4.78, 5) is 5.78. The van der Waals surface area contributed by atoms with E-state index in [4.69, 9.17) is 15.2 Å². The van der Waals surface area contributed by atoms with Crippen LogP contribution in [0.3, 0.4) is 0 Å². The zero-order chi connectivity index (χ0) is 18.0. The second kappa shape index (κ2) is 12.3. The summed E-state index contributed by atoms with van der Waals surface area (Å²) >= 11 is 1.76. The highest BCUT2D eigenvalue weighted by atomic mass is 127. The van der Waals surface area contributed by atoms with Gasteiger partial charge in [0, 0.05) is 24.6 Å². The number of hydrogen-bond donors (Lipinski definition) is 2. The fourth-order valence-electron chi connectivity index (χ4n) is 2.88. The molecule has 0 bridgehead atoms. The van der Waals surface area contributed by atoms with Gasteiger partial charge in [0.15, 0.2) is 5.96 Å². The molecule has 1 fully saturated rings. The van der Waals surface area contributed by atoms with Crippen molar-refractivity contribution in [2.75, 3.05) is 19.8 Å². The quantitative estimate of drug-likeness (QED) is 0.329. The first-order chi connectivity index (χ1) is 12.8. The summed E-state index contributed by atoms with van der Waals surface area (Å²) in [5, 5.41) is 5.26. The van der Waals surface area contributed by atoms with Crippen LogP contribution in [0.4, 0.5) is 0 Å². The standard InChI is InChI=1S/C20H27N3O2S.HI/c21-20(22-9-6-19-5-2-12-26-19)23-14-16-3-1-4-17(13-16)15-25-18-7-10-24-11-8-18;/h1-5,12-13,18H,6-11,14-15H2,(H3,21,22,23);1H. The molecule has 0 atom stereocenters. The molecule has 1 aliphatic rings. The third kappa shape index (κ3) is 8.16. The van der Waals surface area contributed by atoms with Gasteiger partial charge >= 0.3 is 0 Å². The summed E-state index contributed by atoms with van der Waals surface area (Å²) < 4.78 is 11.3. The number of nitrogens with one attached hydrogen (secondary N) is 1. The molecule has 1 aliphatic heterocycles. The van der Waals surface area contributed by atoms with Crippen LogP contribution >= 0.6 is 35.3 Å². The van der Waals surface area contributed by atoms with Crippen LogP contribution < -0.4 is 11.1 Å². The van der Waals surface area contributed by atoms with E-state index in [0.29, 0.717) is 25.2 Å². The minimum atomic E-state index is 0. The largest absolute Gasteiger partial charge is 0.381 e. The maximum atomic E-state index is 5.99. The lowest BCUT2D eigenvalue weighted by molar-refractivity contribution is -0.0390. The molecule has 5 nitrogen and oxygen atoms in total. The average Bonchev–Trinajstić information content (AvgIpc) is 3.19. The van der Waals surface area contributed by atoms with Crippen LogP contribution in [0.2, 0.25) is 0 Å². The third-order valence-corrected chi connectivity index (χ3v) is 5.27. The minimum Gasteiger partial charge on any atom is -0.381 e. The van der Waals surface area contributed by atoms with Gasteiger partial charge in [-0.2, -0.15) is 0 Å². The summed E-state index contributed by atoms with van der Waals surface area (Å²) in [5.41, 5.74) is 8.28. The van der Waals surface area contributed by atoms with Crippen molar-refractivity contribution < 1.29 is 9.47 Å². The van der Waals surface area contributed by atoms with Gasteiger partial charge in [0.25, 0.3) is 0 Å². The second-order valence-corrected chi connectivity index (χ2v) is 7.43. The van der Waals surface area contributed by atoms with Gasteiger partial charge in [-0.3, -0.25) is 0 Å². The summed E-state index contributed by atoms with van der Waals surface area (Å²) in [6, 6.07) is 12.6. The molecule has 0 unspecified atom stereocenters. The molecular weight excluding hydrogens is 473 g/mol. The Balaban J connectivity index is 0.00000261. The van der Waals surface area contributed by atoms with Crippen LogP contribution in [0.25, 0.3) is 0 Å².